The summed E-state index contributed by atoms with van der Waals surface area (Å²) in [6.07, 6.45) is 7.72. The molecule has 182 valence electrons. The van der Waals surface area contributed by atoms with Gasteiger partial charge in [-0.15, -0.1) is 0 Å². The van der Waals surface area contributed by atoms with Crippen LogP contribution in [0.5, 0.6) is 5.75 Å². The van der Waals surface area contributed by atoms with Gasteiger partial charge in [-0.2, -0.15) is 0 Å². The van der Waals surface area contributed by atoms with Gasteiger partial charge in [-0.25, -0.2) is 4.98 Å². The lowest BCUT2D eigenvalue weighted by Crippen LogP contribution is -2.56. The Morgan fingerprint density at radius 2 is 1.74 bits per heavy atom. The first kappa shape index (κ1) is 23.1. The summed E-state index contributed by atoms with van der Waals surface area (Å²) in [5, 5.41) is 0. The molecule has 0 unspecified atom stereocenters. The normalized spacial score (nSPS) is 20.3. The average molecular weight is 465 g/mol. The van der Waals surface area contributed by atoms with E-state index >= 15 is 0 Å². The summed E-state index contributed by atoms with van der Waals surface area (Å²) >= 11 is 0. The lowest BCUT2D eigenvalue weighted by molar-refractivity contribution is -0.134. The van der Waals surface area contributed by atoms with Crippen LogP contribution in [0.4, 0.5) is 5.82 Å². The molecule has 0 bridgehead atoms. The van der Waals surface area contributed by atoms with E-state index < -0.39 is 0 Å². The molecule has 2 aromatic rings. The van der Waals surface area contributed by atoms with Crippen LogP contribution in [-0.2, 0) is 4.79 Å². The quantitative estimate of drug-likeness (QED) is 0.623. The van der Waals surface area contributed by atoms with E-state index in [0.29, 0.717) is 13.2 Å². The fraction of sp³-hybridized carbons (Fsp3) is 0.577. The lowest BCUT2D eigenvalue weighted by Gasteiger charge is -2.43. The molecule has 2 aliphatic heterocycles. The Balaban J connectivity index is 1.10. The molecule has 8 nitrogen and oxygen atoms in total. The van der Waals surface area contributed by atoms with Crippen molar-refractivity contribution in [3.63, 3.8) is 0 Å². The van der Waals surface area contributed by atoms with Gasteiger partial charge in [0.1, 0.15) is 11.6 Å². The summed E-state index contributed by atoms with van der Waals surface area (Å²) in [6, 6.07) is 8.71. The molecule has 34 heavy (non-hydrogen) atoms. The molecule has 1 aliphatic carbocycles. The van der Waals surface area contributed by atoms with E-state index in [2.05, 4.69) is 29.6 Å². The zero-order valence-corrected chi connectivity index (χ0v) is 20.2. The summed E-state index contributed by atoms with van der Waals surface area (Å²) in [5.41, 5.74) is 1.77. The van der Waals surface area contributed by atoms with Crippen LogP contribution < -0.4 is 9.64 Å². The molecular formula is C26H36N6O2. The van der Waals surface area contributed by atoms with Gasteiger partial charge in [0, 0.05) is 64.0 Å². The Kier molecular flexibility index (Phi) is 7.25. The summed E-state index contributed by atoms with van der Waals surface area (Å²) in [6.45, 7) is 10.4. The van der Waals surface area contributed by atoms with Gasteiger partial charge >= 0.3 is 0 Å². The molecule has 1 saturated carbocycles. The Hall–Kier alpha value is -2.71. The van der Waals surface area contributed by atoms with Crippen LogP contribution in [-0.4, -0.2) is 102 Å². The monoisotopic (exact) mass is 464 g/mol. The Morgan fingerprint density at radius 1 is 0.971 bits per heavy atom. The number of nitrogens with zero attached hydrogens (tertiary/aromatic N) is 6. The van der Waals surface area contributed by atoms with Crippen LogP contribution >= 0.6 is 0 Å². The summed E-state index contributed by atoms with van der Waals surface area (Å²) in [7, 11) is 0. The van der Waals surface area contributed by atoms with Crippen molar-refractivity contribution >= 4 is 11.7 Å². The van der Waals surface area contributed by atoms with E-state index in [1.165, 1.54) is 19.3 Å². The van der Waals surface area contributed by atoms with Crippen LogP contribution in [0.25, 0.3) is 11.3 Å². The fourth-order valence-electron chi connectivity index (χ4n) is 5.10. The van der Waals surface area contributed by atoms with Crippen LogP contribution in [0.3, 0.4) is 0 Å². The van der Waals surface area contributed by atoms with E-state index in [1.807, 2.05) is 43.6 Å². The molecule has 1 amide bonds. The second-order valence-corrected chi connectivity index (χ2v) is 9.45. The van der Waals surface area contributed by atoms with Gasteiger partial charge < -0.3 is 14.5 Å². The number of carbonyl (C=O) groups excluding carboxylic acids is 1. The number of hydrogen-bond donors (Lipinski definition) is 0. The predicted octanol–water partition coefficient (Wildman–Crippen LogP) is 2.36. The topological polar surface area (TPSA) is 65.0 Å². The molecule has 0 radical (unpaired) electrons. The van der Waals surface area contributed by atoms with Crippen molar-refractivity contribution in [2.45, 2.75) is 32.2 Å². The smallest absolute Gasteiger partial charge is 0.236 e. The number of carbonyl (C=O) groups is 1. The lowest BCUT2D eigenvalue weighted by atomic mass is 9.91. The molecule has 3 aliphatic rings. The minimum Gasteiger partial charge on any atom is -0.493 e. The van der Waals surface area contributed by atoms with Crippen molar-refractivity contribution in [1.29, 1.82) is 0 Å². The predicted molar refractivity (Wildman–Crippen MR) is 133 cm³/mol. The molecule has 0 atom stereocenters. The highest BCUT2D eigenvalue weighted by Gasteiger charge is 2.30. The molecule has 0 N–H and O–H groups in total. The SMILES string of the molecule is CCOc1ccccc1-c1cnc(N2CCN(CC(=O)N3CCN(C4CCC4)CC3)CC2)cn1. The second-order valence-electron chi connectivity index (χ2n) is 9.45. The van der Waals surface area contributed by atoms with Gasteiger partial charge in [0.2, 0.25) is 5.91 Å². The van der Waals surface area contributed by atoms with E-state index in [9.17, 15) is 4.79 Å². The zero-order valence-electron chi connectivity index (χ0n) is 20.2. The van der Waals surface area contributed by atoms with E-state index in [4.69, 9.17) is 4.74 Å². The molecular weight excluding hydrogens is 428 g/mol. The highest BCUT2D eigenvalue weighted by Crippen LogP contribution is 2.29. The third kappa shape index (κ3) is 5.18. The molecule has 1 aromatic heterocycles. The molecule has 3 fully saturated rings. The molecule has 0 spiro atoms. The van der Waals surface area contributed by atoms with Gasteiger partial charge in [0.05, 0.1) is 31.2 Å². The average Bonchev–Trinajstić information content (AvgIpc) is 2.85. The second kappa shape index (κ2) is 10.7. The first-order chi connectivity index (χ1) is 16.7. The minimum absolute atomic E-state index is 0.277. The third-order valence-electron chi connectivity index (χ3n) is 7.41. The zero-order chi connectivity index (χ0) is 23.3. The number of piperazine rings is 2. The Morgan fingerprint density at radius 3 is 2.38 bits per heavy atom. The van der Waals surface area contributed by atoms with Crippen molar-refractivity contribution < 1.29 is 9.53 Å². The first-order valence-corrected chi connectivity index (χ1v) is 12.7. The van der Waals surface area contributed by atoms with Crippen LogP contribution in [0, 0.1) is 0 Å². The molecule has 3 heterocycles. The Bertz CT molecular complexity index is 948. The number of ether oxygens (including phenoxy) is 1. The van der Waals surface area contributed by atoms with E-state index in [1.54, 1.807) is 0 Å². The van der Waals surface area contributed by atoms with Gasteiger partial charge in [0.15, 0.2) is 0 Å². The fourth-order valence-corrected chi connectivity index (χ4v) is 5.10. The number of amides is 1. The summed E-state index contributed by atoms with van der Waals surface area (Å²) in [4.78, 5) is 31.4. The van der Waals surface area contributed by atoms with Gasteiger partial charge in [-0.05, 0) is 31.9 Å². The van der Waals surface area contributed by atoms with Crippen molar-refractivity contribution in [3.8, 4) is 17.0 Å². The van der Waals surface area contributed by atoms with E-state index in [0.717, 1.165) is 81.2 Å². The van der Waals surface area contributed by atoms with Crippen molar-refractivity contribution in [2.24, 2.45) is 0 Å². The number of anilines is 1. The third-order valence-corrected chi connectivity index (χ3v) is 7.41. The standard InChI is InChI=1S/C26H36N6O2/c1-2-34-24-9-4-3-8-22(24)23-18-28-25(19-27-23)31-12-10-29(11-13-31)20-26(33)32-16-14-30(15-17-32)21-6-5-7-21/h3-4,8-9,18-19,21H,2,5-7,10-17,20H2,1H3. The number of rotatable bonds is 7. The maximum atomic E-state index is 12.8. The Labute approximate surface area is 202 Å². The largest absolute Gasteiger partial charge is 0.493 e. The first-order valence-electron chi connectivity index (χ1n) is 12.7. The number of hydrogen-bond acceptors (Lipinski definition) is 7. The molecule has 5 rings (SSSR count). The van der Waals surface area contributed by atoms with Gasteiger partial charge in [0.25, 0.3) is 0 Å². The van der Waals surface area contributed by atoms with Gasteiger partial charge in [-0.3, -0.25) is 19.6 Å². The van der Waals surface area contributed by atoms with Crippen LogP contribution in [0.2, 0.25) is 0 Å². The molecule has 1 aromatic carbocycles. The van der Waals surface area contributed by atoms with Crippen molar-refractivity contribution in [3.05, 3.63) is 36.7 Å². The summed E-state index contributed by atoms with van der Waals surface area (Å²) < 4.78 is 5.73. The molecule has 8 heteroatoms. The highest BCUT2D eigenvalue weighted by molar-refractivity contribution is 5.78. The number of aromatic nitrogens is 2. The van der Waals surface area contributed by atoms with Crippen LogP contribution in [0.1, 0.15) is 26.2 Å². The van der Waals surface area contributed by atoms with Gasteiger partial charge in [-0.1, -0.05) is 18.6 Å². The van der Waals surface area contributed by atoms with Crippen molar-refractivity contribution in [1.82, 2.24) is 24.7 Å². The highest BCUT2D eigenvalue weighted by atomic mass is 16.5. The summed E-state index contributed by atoms with van der Waals surface area (Å²) in [5.74, 6) is 1.99. The van der Waals surface area contributed by atoms with Crippen LogP contribution in [0.15, 0.2) is 36.7 Å². The van der Waals surface area contributed by atoms with Crippen molar-refractivity contribution in [2.75, 3.05) is 70.4 Å². The minimum atomic E-state index is 0.277. The van der Waals surface area contributed by atoms with E-state index in [-0.39, 0.29) is 5.91 Å². The maximum absolute atomic E-state index is 12.8. The number of para-hydroxylation sites is 1. The maximum Gasteiger partial charge on any atom is 0.236 e. The number of benzene rings is 1. The molecule has 2 saturated heterocycles.